The van der Waals surface area contributed by atoms with Crippen LogP contribution in [0.25, 0.3) is 0 Å². The third kappa shape index (κ3) is 3.93. The molecule has 5 heteroatoms. The van der Waals surface area contributed by atoms with Gasteiger partial charge in [-0.05, 0) is 69.2 Å². The summed E-state index contributed by atoms with van der Waals surface area (Å²) in [5.74, 6) is 2.31. The van der Waals surface area contributed by atoms with E-state index in [0.29, 0.717) is 37.4 Å². The van der Waals surface area contributed by atoms with E-state index >= 15 is 0 Å². The Hall–Kier alpha value is -2.37. The minimum atomic E-state index is -0.996. The Balaban J connectivity index is 1.56. The lowest BCUT2D eigenvalue weighted by atomic mass is 9.53. The molecule has 3 aliphatic rings. The molecule has 34 heavy (non-hydrogen) atoms. The van der Waals surface area contributed by atoms with Crippen LogP contribution >= 0.6 is 0 Å². The van der Waals surface area contributed by atoms with Crippen molar-refractivity contribution in [3.8, 4) is 11.5 Å². The number of likely N-dealkylation sites (tertiary alicyclic amines) is 1. The SMILES string of the molecule is COc1c(OCc2ccccc2)ccc(C)c1C12CCN(CC3CC3)C(C)C1(O)CCC(=O)C2. The van der Waals surface area contributed by atoms with Crippen molar-refractivity contribution in [2.45, 2.75) is 76.0 Å². The molecule has 0 radical (unpaired) electrons. The van der Waals surface area contributed by atoms with Crippen molar-refractivity contribution in [3.63, 3.8) is 0 Å². The van der Waals surface area contributed by atoms with E-state index in [1.165, 1.54) is 12.8 Å². The summed E-state index contributed by atoms with van der Waals surface area (Å²) in [6.45, 7) is 6.58. The van der Waals surface area contributed by atoms with Crippen molar-refractivity contribution in [1.82, 2.24) is 4.90 Å². The summed E-state index contributed by atoms with van der Waals surface area (Å²) in [7, 11) is 1.67. The third-order valence-electron chi connectivity index (χ3n) is 8.62. The number of aryl methyl sites for hydroxylation is 1. The van der Waals surface area contributed by atoms with Crippen LogP contribution in [0.5, 0.6) is 11.5 Å². The maximum absolute atomic E-state index is 12.9. The molecule has 2 aromatic carbocycles. The lowest BCUT2D eigenvalue weighted by Gasteiger charge is -2.60. The predicted molar refractivity (Wildman–Crippen MR) is 132 cm³/mol. The molecule has 1 saturated heterocycles. The molecule has 2 aromatic rings. The minimum absolute atomic E-state index is 0.0204. The number of fused-ring (bicyclic) bond motifs is 1. The van der Waals surface area contributed by atoms with Crippen molar-refractivity contribution in [2.75, 3.05) is 20.2 Å². The number of ketones is 1. The first-order valence-corrected chi connectivity index (χ1v) is 12.7. The summed E-state index contributed by atoms with van der Waals surface area (Å²) in [5, 5.41) is 12.4. The number of hydrogen-bond acceptors (Lipinski definition) is 5. The van der Waals surface area contributed by atoms with Gasteiger partial charge in [-0.15, -0.1) is 0 Å². The molecule has 1 heterocycles. The second-order valence-electron chi connectivity index (χ2n) is 10.6. The van der Waals surface area contributed by atoms with Crippen LogP contribution < -0.4 is 9.47 Å². The van der Waals surface area contributed by atoms with Crippen molar-refractivity contribution in [3.05, 3.63) is 59.2 Å². The maximum atomic E-state index is 12.9. The fraction of sp³-hybridized carbons (Fsp3) is 0.552. The summed E-state index contributed by atoms with van der Waals surface area (Å²) in [4.78, 5) is 15.4. The highest BCUT2D eigenvalue weighted by Gasteiger charge is 2.62. The Morgan fingerprint density at radius 3 is 2.59 bits per heavy atom. The van der Waals surface area contributed by atoms with Gasteiger partial charge in [-0.25, -0.2) is 0 Å². The molecule has 0 bridgehead atoms. The summed E-state index contributed by atoms with van der Waals surface area (Å²) >= 11 is 0. The Kier molecular flexibility index (Phi) is 6.19. The number of piperidine rings is 1. The van der Waals surface area contributed by atoms with E-state index in [1.54, 1.807) is 7.11 Å². The molecule has 3 atom stereocenters. The van der Waals surface area contributed by atoms with Crippen LogP contribution in [0, 0.1) is 12.8 Å². The number of hydrogen-bond donors (Lipinski definition) is 1. The Labute approximate surface area is 203 Å². The van der Waals surface area contributed by atoms with Crippen molar-refractivity contribution in [1.29, 1.82) is 0 Å². The van der Waals surface area contributed by atoms with Gasteiger partial charge < -0.3 is 14.6 Å². The Morgan fingerprint density at radius 2 is 1.88 bits per heavy atom. The van der Waals surface area contributed by atoms with Crippen molar-refractivity contribution >= 4 is 5.78 Å². The van der Waals surface area contributed by atoms with E-state index in [-0.39, 0.29) is 11.8 Å². The molecule has 182 valence electrons. The normalized spacial score (nSPS) is 29.5. The van der Waals surface area contributed by atoms with Gasteiger partial charge in [-0.3, -0.25) is 9.69 Å². The number of Topliss-reactive ketones (excluding diaryl/α,β-unsaturated/α-hetero) is 1. The van der Waals surface area contributed by atoms with Crippen LogP contribution in [-0.2, 0) is 16.8 Å². The predicted octanol–water partition coefficient (Wildman–Crippen LogP) is 4.81. The molecule has 1 N–H and O–H groups in total. The fourth-order valence-electron chi connectivity index (χ4n) is 6.51. The zero-order valence-electron chi connectivity index (χ0n) is 20.7. The lowest BCUT2D eigenvalue weighted by Crippen LogP contribution is -2.70. The smallest absolute Gasteiger partial charge is 0.164 e. The van der Waals surface area contributed by atoms with Gasteiger partial charge in [0.05, 0.1) is 12.7 Å². The highest BCUT2D eigenvalue weighted by atomic mass is 16.5. The first-order chi connectivity index (χ1) is 16.4. The number of rotatable bonds is 7. The average Bonchev–Trinajstić information content (AvgIpc) is 3.66. The maximum Gasteiger partial charge on any atom is 0.164 e. The average molecular weight is 464 g/mol. The number of carbonyl (C=O) groups excluding carboxylic acids is 1. The molecule has 5 nitrogen and oxygen atoms in total. The van der Waals surface area contributed by atoms with Crippen molar-refractivity contribution < 1.29 is 19.4 Å². The largest absolute Gasteiger partial charge is 0.493 e. The molecule has 1 aliphatic heterocycles. The number of aliphatic hydroxyl groups is 1. The summed E-state index contributed by atoms with van der Waals surface area (Å²) in [5.41, 5.74) is 1.40. The molecule has 2 aliphatic carbocycles. The van der Waals surface area contributed by atoms with Gasteiger partial charge >= 0.3 is 0 Å². The van der Waals surface area contributed by atoms with E-state index in [4.69, 9.17) is 9.47 Å². The topological polar surface area (TPSA) is 59.0 Å². The van der Waals surface area contributed by atoms with Crippen LogP contribution in [-0.4, -0.2) is 47.6 Å². The first kappa shape index (κ1) is 23.4. The van der Waals surface area contributed by atoms with E-state index in [2.05, 4.69) is 18.7 Å². The number of carbonyl (C=O) groups is 1. The van der Waals surface area contributed by atoms with E-state index in [9.17, 15) is 9.90 Å². The number of benzene rings is 2. The zero-order valence-corrected chi connectivity index (χ0v) is 20.7. The van der Waals surface area contributed by atoms with Crippen LogP contribution in [0.1, 0.15) is 62.1 Å². The molecular formula is C29H37NO4. The van der Waals surface area contributed by atoms with Crippen LogP contribution in [0.4, 0.5) is 0 Å². The molecule has 5 rings (SSSR count). The van der Waals surface area contributed by atoms with Gasteiger partial charge in [0, 0.05) is 36.4 Å². The molecule has 0 aromatic heterocycles. The fourth-order valence-corrected chi connectivity index (χ4v) is 6.51. The van der Waals surface area contributed by atoms with Crippen LogP contribution in [0.2, 0.25) is 0 Å². The number of methoxy groups -OCH3 is 1. The second kappa shape index (κ2) is 9.01. The summed E-state index contributed by atoms with van der Waals surface area (Å²) in [6.07, 6.45) is 4.60. The summed E-state index contributed by atoms with van der Waals surface area (Å²) < 4.78 is 12.2. The molecule has 3 fully saturated rings. The van der Waals surface area contributed by atoms with E-state index in [1.807, 2.05) is 42.5 Å². The van der Waals surface area contributed by atoms with Gasteiger partial charge in [-0.2, -0.15) is 0 Å². The van der Waals surface area contributed by atoms with Gasteiger partial charge in [-0.1, -0.05) is 36.4 Å². The van der Waals surface area contributed by atoms with E-state index < -0.39 is 11.0 Å². The highest BCUT2D eigenvalue weighted by Crippen LogP contribution is 2.57. The monoisotopic (exact) mass is 463 g/mol. The first-order valence-electron chi connectivity index (χ1n) is 12.7. The quantitative estimate of drug-likeness (QED) is 0.639. The van der Waals surface area contributed by atoms with Gasteiger partial charge in [0.25, 0.3) is 0 Å². The van der Waals surface area contributed by atoms with Crippen LogP contribution in [0.3, 0.4) is 0 Å². The molecule has 0 spiro atoms. The zero-order chi connectivity index (χ0) is 23.9. The van der Waals surface area contributed by atoms with Gasteiger partial charge in [0.1, 0.15) is 12.4 Å². The Bertz CT molecular complexity index is 1050. The third-order valence-corrected chi connectivity index (χ3v) is 8.62. The highest BCUT2D eigenvalue weighted by molar-refractivity contribution is 5.82. The second-order valence-corrected chi connectivity index (χ2v) is 10.6. The minimum Gasteiger partial charge on any atom is -0.493 e. The van der Waals surface area contributed by atoms with E-state index in [0.717, 1.165) is 42.1 Å². The molecular weight excluding hydrogens is 426 g/mol. The summed E-state index contributed by atoms with van der Waals surface area (Å²) in [6, 6.07) is 14.0. The number of ether oxygens (including phenoxy) is 2. The van der Waals surface area contributed by atoms with Gasteiger partial charge in [0.15, 0.2) is 11.5 Å². The van der Waals surface area contributed by atoms with Crippen molar-refractivity contribution in [2.24, 2.45) is 5.92 Å². The van der Waals surface area contributed by atoms with Crippen LogP contribution in [0.15, 0.2) is 42.5 Å². The van der Waals surface area contributed by atoms with Gasteiger partial charge in [0.2, 0.25) is 0 Å². The standard InChI is InChI=1S/C29H37NO4/c1-20-9-12-25(34-19-23-7-5-4-6-8-23)27(33-3)26(20)28-15-16-30(18-22-10-11-22)21(2)29(28,32)14-13-24(31)17-28/h4-9,12,21-22,32H,10-11,13-19H2,1-3H3. The lowest BCUT2D eigenvalue weighted by molar-refractivity contribution is -0.165. The molecule has 3 unspecified atom stereocenters. The molecule has 2 saturated carbocycles. The number of nitrogens with zero attached hydrogens (tertiary/aromatic N) is 1. The molecule has 0 amide bonds. The Morgan fingerprint density at radius 1 is 1.12 bits per heavy atom.